The number of amides is 8. The van der Waals surface area contributed by atoms with Crippen LogP contribution in [0.3, 0.4) is 0 Å². The number of aliphatic carboxylic acids is 1. The molecule has 64 heavy (non-hydrogen) atoms. The van der Waals surface area contributed by atoms with Crippen LogP contribution in [0.1, 0.15) is 69.4 Å². The fourth-order valence-electron chi connectivity index (χ4n) is 6.86. The number of carboxylic acid groups (broad SMARTS) is 1. The van der Waals surface area contributed by atoms with Crippen LogP contribution >= 0.6 is 7.82 Å². The zero-order valence-electron chi connectivity index (χ0n) is 35.1. The summed E-state index contributed by atoms with van der Waals surface area (Å²) in [6.07, 6.45) is -0.351. The monoisotopic (exact) mass is 917 g/mol. The Morgan fingerprint density at radius 2 is 1.31 bits per heavy atom. The summed E-state index contributed by atoms with van der Waals surface area (Å²) in [5, 5.41) is 21.8. The molecular weight excluding hydrogens is 861 g/mol. The Bertz CT molecular complexity index is 2040. The van der Waals surface area contributed by atoms with E-state index in [9.17, 15) is 52.8 Å². The highest BCUT2D eigenvalue weighted by molar-refractivity contribution is 7.46. The van der Waals surface area contributed by atoms with Crippen LogP contribution in [0.5, 0.6) is 5.75 Å². The number of unbranched alkanes of at least 4 members (excludes halogenated alkanes) is 1. The Labute approximate surface area is 368 Å². The van der Waals surface area contributed by atoms with E-state index >= 15 is 0 Å². The molecule has 3 rings (SSSR count). The van der Waals surface area contributed by atoms with Crippen molar-refractivity contribution in [2.24, 2.45) is 17.2 Å². The molecule has 1 aliphatic heterocycles. The van der Waals surface area contributed by atoms with Gasteiger partial charge in [0.2, 0.25) is 47.3 Å². The summed E-state index contributed by atoms with van der Waals surface area (Å²) in [6, 6.07) is 5.74. The number of nitrogens with two attached hydrogens (primary N) is 3. The van der Waals surface area contributed by atoms with E-state index in [1.807, 2.05) is 0 Å². The fourth-order valence-corrected chi connectivity index (χ4v) is 7.26. The number of carboxylic acids is 1. The smallest absolute Gasteiger partial charge is 0.481 e. The number of likely N-dealkylation sites (tertiary alicyclic amines) is 1. The van der Waals surface area contributed by atoms with E-state index < -0.39 is 110 Å². The number of hydrogen-bond donors (Lipinski definition) is 11. The van der Waals surface area contributed by atoms with Crippen molar-refractivity contribution in [1.29, 1.82) is 0 Å². The third-order valence-electron chi connectivity index (χ3n) is 9.95. The predicted octanol–water partition coefficient (Wildman–Crippen LogP) is -2.27. The predicted molar refractivity (Wildman–Crippen MR) is 226 cm³/mol. The first-order valence-corrected chi connectivity index (χ1v) is 21.9. The van der Waals surface area contributed by atoms with Gasteiger partial charge in [0.1, 0.15) is 42.0 Å². The molecule has 0 unspecified atom stereocenters. The van der Waals surface area contributed by atoms with Crippen molar-refractivity contribution in [3.05, 3.63) is 65.7 Å². The van der Waals surface area contributed by atoms with Crippen LogP contribution in [0.25, 0.3) is 0 Å². The standard InChI is InChI=1S/C40H56N9O14P/c1-23(50)44-30(21-25-12-14-26(15-13-25)63-64(60,61)62)37(56)46-28(10-5-6-18-41)40(59)49-19-7-11-32(49)39(58)48-31(20-24-8-3-2-4-9-24)38(57)45-27(16-17-33(42)51)36(55)47-29(35(43)54)22-34(52)53/h2-4,8-9,12-15,27-32H,5-7,10-11,16-22,41H2,1H3,(H2,42,51)(H2,43,54)(H,44,50)(H,45,57)(H,46,56)(H,47,55)(H,48,58)(H,52,53)(H2,60,61,62)/t27-,28-,29-,30-,31-,32-/m0/s1. The number of hydrogen-bond acceptors (Lipinski definition) is 12. The minimum atomic E-state index is -4.83. The Morgan fingerprint density at radius 3 is 1.86 bits per heavy atom. The Balaban J connectivity index is 1.86. The SMILES string of the molecule is CC(=O)N[C@@H](Cc1ccc(OP(=O)(O)O)cc1)C(=O)N[C@@H](CCCCN)C(=O)N1CCC[C@H]1C(=O)N[C@@H](Cc1ccccc1)C(=O)N[C@@H](CCC(N)=O)C(=O)N[C@@H](CC(=O)O)C(N)=O. The van der Waals surface area contributed by atoms with E-state index in [-0.39, 0.29) is 50.9 Å². The van der Waals surface area contributed by atoms with E-state index in [0.717, 1.165) is 0 Å². The summed E-state index contributed by atoms with van der Waals surface area (Å²) in [6.45, 7) is 1.57. The second-order valence-corrected chi connectivity index (χ2v) is 16.3. The number of nitrogens with one attached hydrogen (secondary N) is 5. The zero-order valence-corrected chi connectivity index (χ0v) is 36.0. The van der Waals surface area contributed by atoms with Gasteiger partial charge in [-0.25, -0.2) is 4.57 Å². The molecule has 1 aliphatic rings. The summed E-state index contributed by atoms with van der Waals surface area (Å²) < 4.78 is 15.8. The lowest BCUT2D eigenvalue weighted by Gasteiger charge is -2.31. The van der Waals surface area contributed by atoms with Gasteiger partial charge in [0.05, 0.1) is 6.42 Å². The number of primary amides is 2. The molecular formula is C40H56N9O14P. The molecule has 350 valence electrons. The fraction of sp³-hybridized carbons (Fsp3) is 0.475. The van der Waals surface area contributed by atoms with Gasteiger partial charge >= 0.3 is 13.8 Å². The van der Waals surface area contributed by atoms with E-state index in [1.165, 1.54) is 36.1 Å². The van der Waals surface area contributed by atoms with Crippen molar-refractivity contribution in [1.82, 2.24) is 31.5 Å². The maximum atomic E-state index is 14.3. The maximum absolute atomic E-state index is 14.3. The molecule has 0 aromatic heterocycles. The maximum Gasteiger partial charge on any atom is 0.524 e. The molecule has 1 saturated heterocycles. The molecule has 0 spiro atoms. The molecule has 2 aromatic carbocycles. The average Bonchev–Trinajstić information content (AvgIpc) is 3.71. The second-order valence-electron chi connectivity index (χ2n) is 15.1. The number of phosphoric ester groups is 1. The molecule has 6 atom stereocenters. The molecule has 1 fully saturated rings. The summed E-state index contributed by atoms with van der Waals surface area (Å²) in [5.74, 6) is -8.23. The van der Waals surface area contributed by atoms with Crippen molar-refractivity contribution < 1.29 is 67.1 Å². The normalized spacial score (nSPS) is 15.9. The summed E-state index contributed by atoms with van der Waals surface area (Å²) >= 11 is 0. The lowest BCUT2D eigenvalue weighted by Crippen LogP contribution is -2.60. The van der Waals surface area contributed by atoms with Gasteiger partial charge in [0, 0.05) is 32.7 Å². The molecule has 0 bridgehead atoms. The van der Waals surface area contributed by atoms with Crippen molar-refractivity contribution in [2.45, 2.75) is 107 Å². The Hall–Kier alpha value is -6.42. The molecule has 24 heteroatoms. The Morgan fingerprint density at radius 1 is 0.750 bits per heavy atom. The highest BCUT2D eigenvalue weighted by Gasteiger charge is 2.40. The number of rotatable bonds is 26. The van der Waals surface area contributed by atoms with Crippen LogP contribution in [0.15, 0.2) is 54.6 Å². The highest BCUT2D eigenvalue weighted by atomic mass is 31.2. The first-order chi connectivity index (χ1) is 30.2. The average molecular weight is 918 g/mol. The topological polar surface area (TPSA) is 382 Å². The van der Waals surface area contributed by atoms with Crippen LogP contribution in [-0.4, -0.2) is 122 Å². The highest BCUT2D eigenvalue weighted by Crippen LogP contribution is 2.37. The first kappa shape index (κ1) is 51.9. The van der Waals surface area contributed by atoms with E-state index in [0.29, 0.717) is 30.4 Å². The molecule has 0 saturated carbocycles. The second kappa shape index (κ2) is 25.0. The molecule has 0 radical (unpaired) electrons. The number of benzene rings is 2. The molecule has 2 aromatic rings. The molecule has 14 N–H and O–H groups in total. The number of nitrogens with zero attached hydrogens (tertiary/aromatic N) is 1. The van der Waals surface area contributed by atoms with Gasteiger partial charge in [-0.3, -0.25) is 52.9 Å². The first-order valence-electron chi connectivity index (χ1n) is 20.3. The van der Waals surface area contributed by atoms with Gasteiger partial charge in [-0.05, 0) is 68.3 Å². The van der Waals surface area contributed by atoms with Crippen molar-refractivity contribution >= 4 is 61.0 Å². The molecule has 8 amide bonds. The number of phosphoric acid groups is 1. The van der Waals surface area contributed by atoms with Crippen LogP contribution in [0, 0.1) is 0 Å². The van der Waals surface area contributed by atoms with Crippen LogP contribution in [-0.2, 0) is 60.6 Å². The van der Waals surface area contributed by atoms with Gasteiger partial charge in [-0.2, -0.15) is 0 Å². The summed E-state index contributed by atoms with van der Waals surface area (Å²) in [7, 11) is -4.83. The lowest BCUT2D eigenvalue weighted by molar-refractivity contribution is -0.142. The van der Waals surface area contributed by atoms with Crippen LogP contribution in [0.2, 0.25) is 0 Å². The third-order valence-corrected chi connectivity index (χ3v) is 10.4. The van der Waals surface area contributed by atoms with E-state index in [4.69, 9.17) is 27.0 Å². The van der Waals surface area contributed by atoms with Crippen LogP contribution in [0.4, 0.5) is 0 Å². The van der Waals surface area contributed by atoms with Gasteiger partial charge in [0.25, 0.3) is 0 Å². The van der Waals surface area contributed by atoms with Gasteiger partial charge < -0.3 is 58.3 Å². The molecule has 23 nitrogen and oxygen atoms in total. The quantitative estimate of drug-likeness (QED) is 0.0350. The number of carbonyl (C=O) groups excluding carboxylic acids is 8. The van der Waals surface area contributed by atoms with Gasteiger partial charge in [-0.15, -0.1) is 0 Å². The zero-order chi connectivity index (χ0) is 47.6. The van der Waals surface area contributed by atoms with Gasteiger partial charge in [0.15, 0.2) is 0 Å². The lowest BCUT2D eigenvalue weighted by atomic mass is 10.0. The molecule has 1 heterocycles. The Kier molecular flexibility index (Phi) is 20.3. The minimum absolute atomic E-state index is 0.0932. The van der Waals surface area contributed by atoms with Gasteiger partial charge in [-0.1, -0.05) is 42.5 Å². The minimum Gasteiger partial charge on any atom is -0.481 e. The molecule has 0 aliphatic carbocycles. The number of carbonyl (C=O) groups is 9. The van der Waals surface area contributed by atoms with Crippen molar-refractivity contribution in [2.75, 3.05) is 13.1 Å². The van der Waals surface area contributed by atoms with Crippen molar-refractivity contribution in [3.8, 4) is 5.75 Å². The van der Waals surface area contributed by atoms with E-state index in [1.54, 1.807) is 30.3 Å². The van der Waals surface area contributed by atoms with E-state index in [2.05, 4.69) is 31.1 Å². The summed E-state index contributed by atoms with van der Waals surface area (Å²) in [5.41, 5.74) is 17.3. The summed E-state index contributed by atoms with van der Waals surface area (Å²) in [4.78, 5) is 136. The van der Waals surface area contributed by atoms with Crippen molar-refractivity contribution in [3.63, 3.8) is 0 Å². The van der Waals surface area contributed by atoms with Crippen LogP contribution < -0.4 is 48.3 Å². The largest absolute Gasteiger partial charge is 0.524 e. The third kappa shape index (κ3) is 17.8.